The lowest BCUT2D eigenvalue weighted by atomic mass is 10.00. The molecule has 0 aliphatic carbocycles. The van der Waals surface area contributed by atoms with Gasteiger partial charge in [-0.25, -0.2) is 9.13 Å². The van der Waals surface area contributed by atoms with Gasteiger partial charge in [0.25, 0.3) is 0 Å². The van der Waals surface area contributed by atoms with Gasteiger partial charge in [0.1, 0.15) is 19.3 Å². The van der Waals surface area contributed by atoms with Crippen LogP contribution < -0.4 is 0 Å². The molecule has 0 saturated heterocycles. The second-order valence-corrected chi connectivity index (χ2v) is 25.7. The molecule has 0 fully saturated rings. The Hall–Kier alpha value is -1.94. The SMILES string of the molecule is CCCCCCCCCCCC(=O)O[C@H](COC(=O)CCCCCCC)COP(=O)(O)OC[C@H](O)COP(=O)(O)OC[C@@H](COC(=O)CCCCCCCCC(C)CC)OC(=O)CCCCCCCCCCCCCCCC(C)C. The van der Waals surface area contributed by atoms with Crippen molar-refractivity contribution in [2.45, 2.75) is 317 Å². The van der Waals surface area contributed by atoms with Crippen LogP contribution in [0.3, 0.4) is 0 Å². The van der Waals surface area contributed by atoms with E-state index in [1.807, 2.05) is 0 Å². The van der Waals surface area contributed by atoms with Gasteiger partial charge in [-0.1, -0.05) is 247 Å². The number of rotatable bonds is 60. The highest BCUT2D eigenvalue weighted by Crippen LogP contribution is 2.45. The molecule has 0 saturated carbocycles. The minimum Gasteiger partial charge on any atom is -0.462 e. The highest BCUT2D eigenvalue weighted by Gasteiger charge is 2.30. The summed E-state index contributed by atoms with van der Waals surface area (Å²) < 4.78 is 67.6. The van der Waals surface area contributed by atoms with Crippen molar-refractivity contribution in [3.8, 4) is 0 Å². The average molecular weight is 1190 g/mol. The number of aliphatic hydroxyl groups excluding tert-OH is 1. The molecule has 0 radical (unpaired) electrons. The Kier molecular flexibility index (Phi) is 52.5. The summed E-state index contributed by atoms with van der Waals surface area (Å²) in [5, 5.41) is 10.5. The first-order valence-corrected chi connectivity index (χ1v) is 35.0. The molecule has 0 rings (SSSR count). The fraction of sp³-hybridized carbons (Fsp3) is 0.934. The van der Waals surface area contributed by atoms with Gasteiger partial charge in [-0.15, -0.1) is 0 Å². The second kappa shape index (κ2) is 53.8. The predicted molar refractivity (Wildman–Crippen MR) is 317 cm³/mol. The summed E-state index contributed by atoms with van der Waals surface area (Å²) in [6, 6.07) is 0. The van der Waals surface area contributed by atoms with E-state index in [-0.39, 0.29) is 25.7 Å². The molecule has 3 N–H and O–H groups in total. The zero-order chi connectivity index (χ0) is 59.4. The summed E-state index contributed by atoms with van der Waals surface area (Å²) in [6.45, 7) is 9.34. The standard InChI is InChI=1S/C61H118O17P2/c1-7-10-12-14-15-21-25-33-39-45-60(65)77-56(49-71-58(63)43-37-29-13-11-8-2)51-75-79(67,68)73-47-55(62)48-74-80(69,70)76-52-57(50-72-59(64)44-38-32-28-27-31-36-42-54(6)9-3)78-61(66)46-40-34-26-23-20-18-16-17-19-22-24-30-35-41-53(4)5/h53-57,62H,7-52H2,1-6H3,(H,67,68)(H,69,70)/t54?,55-,56+,57+/m0/s1. The number of phosphoric acid groups is 2. The Morgan fingerprint density at radius 2 is 0.637 bits per heavy atom. The predicted octanol–water partition coefficient (Wildman–Crippen LogP) is 16.5. The smallest absolute Gasteiger partial charge is 0.462 e. The van der Waals surface area contributed by atoms with Crippen LogP contribution in [0.2, 0.25) is 0 Å². The van der Waals surface area contributed by atoms with Gasteiger partial charge < -0.3 is 33.8 Å². The molecule has 6 atom stereocenters. The van der Waals surface area contributed by atoms with E-state index in [2.05, 4.69) is 41.5 Å². The Morgan fingerprint density at radius 3 is 0.950 bits per heavy atom. The highest BCUT2D eigenvalue weighted by atomic mass is 31.2. The quantitative estimate of drug-likeness (QED) is 0.0222. The molecule has 0 aromatic carbocycles. The number of hydrogen-bond donors (Lipinski definition) is 3. The molecule has 0 heterocycles. The minimum absolute atomic E-state index is 0.104. The molecule has 0 aliphatic heterocycles. The van der Waals surface area contributed by atoms with Gasteiger partial charge >= 0.3 is 39.5 Å². The first-order chi connectivity index (χ1) is 38.4. The van der Waals surface area contributed by atoms with E-state index in [0.717, 1.165) is 115 Å². The largest absolute Gasteiger partial charge is 0.472 e. The molecular weight excluding hydrogens is 1070 g/mol. The van der Waals surface area contributed by atoms with Gasteiger partial charge in [0, 0.05) is 25.7 Å². The molecule has 80 heavy (non-hydrogen) atoms. The van der Waals surface area contributed by atoms with Crippen LogP contribution in [-0.4, -0.2) is 96.7 Å². The molecule has 19 heteroatoms. The third-order valence-electron chi connectivity index (χ3n) is 14.3. The number of carbonyl (C=O) groups excluding carboxylic acids is 4. The van der Waals surface area contributed by atoms with Crippen LogP contribution in [0.5, 0.6) is 0 Å². The van der Waals surface area contributed by atoms with Crippen molar-refractivity contribution < 1.29 is 80.2 Å². The minimum atomic E-state index is -4.94. The Bertz CT molecular complexity index is 1580. The van der Waals surface area contributed by atoms with Crippen molar-refractivity contribution in [3.63, 3.8) is 0 Å². The number of esters is 4. The molecule has 3 unspecified atom stereocenters. The van der Waals surface area contributed by atoms with Gasteiger partial charge in [0.15, 0.2) is 12.2 Å². The van der Waals surface area contributed by atoms with Crippen molar-refractivity contribution in [2.24, 2.45) is 11.8 Å². The summed E-state index contributed by atoms with van der Waals surface area (Å²) in [5.41, 5.74) is 0. The number of ether oxygens (including phenoxy) is 4. The molecule has 0 aromatic rings. The summed E-state index contributed by atoms with van der Waals surface area (Å²) in [7, 11) is -9.87. The third-order valence-corrected chi connectivity index (χ3v) is 16.2. The zero-order valence-electron chi connectivity index (χ0n) is 51.4. The average Bonchev–Trinajstić information content (AvgIpc) is 3.42. The van der Waals surface area contributed by atoms with E-state index in [9.17, 15) is 43.2 Å². The van der Waals surface area contributed by atoms with Crippen LogP contribution in [0.25, 0.3) is 0 Å². The van der Waals surface area contributed by atoms with Crippen molar-refractivity contribution in [2.75, 3.05) is 39.6 Å². The van der Waals surface area contributed by atoms with Crippen LogP contribution in [0, 0.1) is 11.8 Å². The van der Waals surface area contributed by atoms with E-state index >= 15 is 0 Å². The van der Waals surface area contributed by atoms with Gasteiger partial charge in [-0.2, -0.15) is 0 Å². The fourth-order valence-corrected chi connectivity index (χ4v) is 10.5. The maximum atomic E-state index is 12.9. The lowest BCUT2D eigenvalue weighted by molar-refractivity contribution is -0.161. The van der Waals surface area contributed by atoms with Crippen LogP contribution in [0.4, 0.5) is 0 Å². The summed E-state index contributed by atoms with van der Waals surface area (Å²) in [6.07, 6.45) is 35.2. The molecule has 17 nitrogen and oxygen atoms in total. The second-order valence-electron chi connectivity index (χ2n) is 22.8. The van der Waals surface area contributed by atoms with Crippen LogP contribution in [0.15, 0.2) is 0 Å². The van der Waals surface area contributed by atoms with Gasteiger partial charge in [0.2, 0.25) is 0 Å². The molecular formula is C61H118O17P2. The first-order valence-electron chi connectivity index (χ1n) is 32.0. The van der Waals surface area contributed by atoms with Gasteiger partial charge in [-0.05, 0) is 37.5 Å². The molecule has 0 aromatic heterocycles. The van der Waals surface area contributed by atoms with E-state index in [1.165, 1.54) is 103 Å². The highest BCUT2D eigenvalue weighted by molar-refractivity contribution is 7.47. The molecule has 474 valence electrons. The van der Waals surface area contributed by atoms with Gasteiger partial charge in [0.05, 0.1) is 26.4 Å². The summed E-state index contributed by atoms with van der Waals surface area (Å²) in [5.74, 6) is -0.633. The molecule has 0 aliphatic rings. The van der Waals surface area contributed by atoms with Crippen LogP contribution >= 0.6 is 15.6 Å². The number of unbranched alkanes of at least 4 members (excludes halogenated alkanes) is 29. The normalized spacial score (nSPS) is 14.7. The number of aliphatic hydroxyl groups is 1. The Labute approximate surface area is 486 Å². The molecule has 0 amide bonds. The maximum Gasteiger partial charge on any atom is 0.472 e. The lowest BCUT2D eigenvalue weighted by Gasteiger charge is -2.21. The number of carbonyl (C=O) groups is 4. The third kappa shape index (κ3) is 54.0. The lowest BCUT2D eigenvalue weighted by Crippen LogP contribution is -2.30. The number of phosphoric ester groups is 2. The van der Waals surface area contributed by atoms with Crippen LogP contribution in [-0.2, 0) is 65.4 Å². The van der Waals surface area contributed by atoms with E-state index in [0.29, 0.717) is 25.7 Å². The van der Waals surface area contributed by atoms with Crippen LogP contribution in [0.1, 0.15) is 298 Å². The summed E-state index contributed by atoms with van der Waals surface area (Å²) in [4.78, 5) is 71.8. The van der Waals surface area contributed by atoms with Crippen molar-refractivity contribution in [3.05, 3.63) is 0 Å². The Balaban J connectivity index is 5.16. The van der Waals surface area contributed by atoms with Gasteiger partial charge in [-0.3, -0.25) is 37.3 Å². The molecule has 0 bridgehead atoms. The van der Waals surface area contributed by atoms with Crippen molar-refractivity contribution in [1.29, 1.82) is 0 Å². The van der Waals surface area contributed by atoms with E-state index < -0.39 is 97.5 Å². The summed E-state index contributed by atoms with van der Waals surface area (Å²) >= 11 is 0. The van der Waals surface area contributed by atoms with Crippen molar-refractivity contribution >= 4 is 39.5 Å². The fourth-order valence-electron chi connectivity index (χ4n) is 8.97. The number of hydrogen-bond acceptors (Lipinski definition) is 15. The van der Waals surface area contributed by atoms with E-state index in [1.54, 1.807) is 0 Å². The topological polar surface area (TPSA) is 237 Å². The zero-order valence-corrected chi connectivity index (χ0v) is 53.2. The maximum absolute atomic E-state index is 12.9. The Morgan fingerprint density at radius 1 is 0.362 bits per heavy atom. The van der Waals surface area contributed by atoms with Crippen molar-refractivity contribution in [1.82, 2.24) is 0 Å². The van der Waals surface area contributed by atoms with E-state index in [4.69, 9.17) is 37.0 Å². The first kappa shape index (κ1) is 78.1. The monoisotopic (exact) mass is 1180 g/mol. The molecule has 0 spiro atoms.